The summed E-state index contributed by atoms with van der Waals surface area (Å²) in [6.45, 7) is 1.67. The van der Waals surface area contributed by atoms with E-state index in [0.717, 1.165) is 0 Å². The van der Waals surface area contributed by atoms with Gasteiger partial charge in [-0.2, -0.15) is 0 Å². The van der Waals surface area contributed by atoms with Gasteiger partial charge in [0.25, 0.3) is 0 Å². The Kier molecular flexibility index (Phi) is 3.83. The summed E-state index contributed by atoms with van der Waals surface area (Å²) in [4.78, 5) is 34.3. The van der Waals surface area contributed by atoms with Crippen LogP contribution in [0.2, 0.25) is 0 Å². The molecule has 90 valence electrons. The molecule has 1 amide bonds. The molecule has 0 bridgehead atoms. The van der Waals surface area contributed by atoms with Crippen LogP contribution < -0.4 is 5.32 Å². The predicted molar refractivity (Wildman–Crippen MR) is 52.6 cm³/mol. The van der Waals surface area contributed by atoms with Crippen LogP contribution in [0.15, 0.2) is 0 Å². The number of carbonyl (C=O) groups excluding carboxylic acids is 2. The number of ether oxygens (including phenoxy) is 1. The van der Waals surface area contributed by atoms with Gasteiger partial charge in [-0.3, -0.25) is 19.3 Å². The Labute approximate surface area is 92.4 Å². The van der Waals surface area contributed by atoms with Crippen molar-refractivity contribution >= 4 is 17.8 Å². The van der Waals surface area contributed by atoms with Gasteiger partial charge >= 0.3 is 11.9 Å². The molecule has 1 rings (SSSR count). The van der Waals surface area contributed by atoms with Crippen LogP contribution in [0.25, 0.3) is 0 Å². The van der Waals surface area contributed by atoms with Gasteiger partial charge in [-0.1, -0.05) is 0 Å². The van der Waals surface area contributed by atoms with Crippen LogP contribution >= 0.6 is 0 Å². The van der Waals surface area contributed by atoms with Crippen molar-refractivity contribution in [2.75, 3.05) is 20.2 Å². The summed E-state index contributed by atoms with van der Waals surface area (Å²) >= 11 is 0. The third-order valence-corrected chi connectivity index (χ3v) is 2.41. The maximum Gasteiger partial charge on any atom is 0.322 e. The van der Waals surface area contributed by atoms with Gasteiger partial charge in [-0.05, 0) is 6.92 Å². The highest BCUT2D eigenvalue weighted by atomic mass is 16.5. The lowest BCUT2D eigenvalue weighted by Gasteiger charge is -2.10. The van der Waals surface area contributed by atoms with Crippen LogP contribution in [0.5, 0.6) is 0 Å². The second-order valence-corrected chi connectivity index (χ2v) is 3.52. The third-order valence-electron chi connectivity index (χ3n) is 2.41. The number of methoxy groups -OCH3 is 1. The van der Waals surface area contributed by atoms with E-state index in [4.69, 9.17) is 5.11 Å². The number of aliphatic carboxylic acids is 1. The number of hydrogen-bond donors (Lipinski definition) is 2. The lowest BCUT2D eigenvalue weighted by molar-refractivity contribution is -0.144. The van der Waals surface area contributed by atoms with Gasteiger partial charge < -0.3 is 15.2 Å². The summed E-state index contributed by atoms with van der Waals surface area (Å²) in [5, 5.41) is 10.6. The van der Waals surface area contributed by atoms with Crippen LogP contribution in [0.1, 0.15) is 6.92 Å². The van der Waals surface area contributed by atoms with E-state index in [1.54, 1.807) is 11.8 Å². The topological polar surface area (TPSA) is 95.7 Å². The molecular formula is C9H14N2O5. The Morgan fingerprint density at radius 3 is 2.69 bits per heavy atom. The molecule has 0 aromatic rings. The number of esters is 1. The third kappa shape index (κ3) is 2.93. The summed E-state index contributed by atoms with van der Waals surface area (Å²) in [5.41, 5.74) is 0. The van der Waals surface area contributed by atoms with E-state index >= 15 is 0 Å². The fourth-order valence-electron chi connectivity index (χ4n) is 1.40. The average molecular weight is 230 g/mol. The van der Waals surface area contributed by atoms with Crippen LogP contribution in [-0.2, 0) is 19.1 Å². The summed E-state index contributed by atoms with van der Waals surface area (Å²) in [6.07, 6.45) is 0. The van der Waals surface area contributed by atoms with E-state index in [9.17, 15) is 14.4 Å². The van der Waals surface area contributed by atoms with Crippen molar-refractivity contribution in [3.63, 3.8) is 0 Å². The Morgan fingerprint density at radius 1 is 1.56 bits per heavy atom. The highest BCUT2D eigenvalue weighted by molar-refractivity contribution is 5.88. The van der Waals surface area contributed by atoms with Crippen molar-refractivity contribution in [2.24, 2.45) is 0 Å². The van der Waals surface area contributed by atoms with Gasteiger partial charge in [0.15, 0.2) is 0 Å². The first-order valence-corrected chi connectivity index (χ1v) is 4.80. The van der Waals surface area contributed by atoms with Crippen molar-refractivity contribution in [3.8, 4) is 0 Å². The Morgan fingerprint density at radius 2 is 2.19 bits per heavy atom. The predicted octanol–water partition coefficient (Wildman–Crippen LogP) is -1.57. The Balaban J connectivity index is 2.35. The molecule has 1 aliphatic rings. The molecule has 1 fully saturated rings. The molecule has 2 N–H and O–H groups in total. The first-order valence-electron chi connectivity index (χ1n) is 4.80. The molecule has 0 aromatic carbocycles. The Bertz CT molecular complexity index is 317. The molecule has 0 aromatic heterocycles. The number of nitrogens with zero attached hydrogens (tertiary/aromatic N) is 1. The second-order valence-electron chi connectivity index (χ2n) is 3.52. The van der Waals surface area contributed by atoms with Crippen molar-refractivity contribution in [1.29, 1.82) is 0 Å². The molecule has 1 heterocycles. The zero-order valence-electron chi connectivity index (χ0n) is 9.10. The standard InChI is InChI=1S/C9H14N2O5/c1-5(9(15)16-2)11-4-6(11)8(14)10-3-7(12)13/h5-6H,3-4H2,1-2H3,(H,10,14)(H,12,13)/t5-,6?,11?/m0/s1. The normalized spacial score (nSPS) is 24.4. The summed E-state index contributed by atoms with van der Waals surface area (Å²) in [6, 6.07) is -0.904. The lowest BCUT2D eigenvalue weighted by Crippen LogP contribution is -2.37. The number of rotatable bonds is 5. The van der Waals surface area contributed by atoms with Gasteiger partial charge in [-0.25, -0.2) is 0 Å². The van der Waals surface area contributed by atoms with Crippen LogP contribution in [0.3, 0.4) is 0 Å². The molecule has 0 spiro atoms. The summed E-state index contributed by atoms with van der Waals surface area (Å²) in [5.74, 6) is -1.88. The zero-order valence-corrected chi connectivity index (χ0v) is 9.10. The maximum atomic E-state index is 11.4. The molecule has 3 atom stereocenters. The Hall–Kier alpha value is -1.63. The molecule has 0 aliphatic carbocycles. The summed E-state index contributed by atoms with van der Waals surface area (Å²) < 4.78 is 4.53. The van der Waals surface area contributed by atoms with Crippen molar-refractivity contribution < 1.29 is 24.2 Å². The van der Waals surface area contributed by atoms with Crippen LogP contribution in [0, 0.1) is 0 Å². The number of hydrogen-bond acceptors (Lipinski definition) is 5. The second kappa shape index (κ2) is 4.93. The van der Waals surface area contributed by atoms with Gasteiger partial charge in [0.2, 0.25) is 5.91 Å². The van der Waals surface area contributed by atoms with Gasteiger partial charge in [0.1, 0.15) is 18.6 Å². The summed E-state index contributed by atoms with van der Waals surface area (Å²) in [7, 11) is 1.28. The van der Waals surface area contributed by atoms with Gasteiger partial charge in [0, 0.05) is 6.54 Å². The van der Waals surface area contributed by atoms with Crippen LogP contribution in [-0.4, -0.2) is 60.1 Å². The number of carboxylic acid groups (broad SMARTS) is 1. The fraction of sp³-hybridized carbons (Fsp3) is 0.667. The maximum absolute atomic E-state index is 11.4. The molecular weight excluding hydrogens is 216 g/mol. The molecule has 1 saturated heterocycles. The number of carboxylic acids is 1. The van der Waals surface area contributed by atoms with Crippen molar-refractivity contribution in [3.05, 3.63) is 0 Å². The van der Waals surface area contributed by atoms with E-state index in [1.807, 2.05) is 0 Å². The van der Waals surface area contributed by atoms with E-state index in [-0.39, 0.29) is 5.91 Å². The molecule has 7 heteroatoms. The van der Waals surface area contributed by atoms with E-state index in [1.165, 1.54) is 7.11 Å². The zero-order chi connectivity index (χ0) is 12.3. The van der Waals surface area contributed by atoms with E-state index in [2.05, 4.69) is 10.1 Å². The highest BCUT2D eigenvalue weighted by Gasteiger charge is 2.45. The molecule has 7 nitrogen and oxygen atoms in total. The average Bonchev–Trinajstić information content (AvgIpc) is 3.03. The number of nitrogens with one attached hydrogen (secondary N) is 1. The largest absolute Gasteiger partial charge is 0.480 e. The minimum atomic E-state index is -1.10. The molecule has 1 aliphatic heterocycles. The highest BCUT2D eigenvalue weighted by Crippen LogP contribution is 2.21. The number of amides is 1. The quantitative estimate of drug-likeness (QED) is 0.438. The first kappa shape index (κ1) is 12.4. The molecule has 0 radical (unpaired) electrons. The molecule has 2 unspecified atom stereocenters. The minimum Gasteiger partial charge on any atom is -0.480 e. The SMILES string of the molecule is COC(=O)[C@H](C)N1CC1C(=O)NCC(=O)O. The molecule has 0 saturated carbocycles. The minimum absolute atomic E-state index is 0.377. The fourth-order valence-corrected chi connectivity index (χ4v) is 1.40. The smallest absolute Gasteiger partial charge is 0.322 e. The van der Waals surface area contributed by atoms with Crippen molar-refractivity contribution in [2.45, 2.75) is 19.0 Å². The lowest BCUT2D eigenvalue weighted by atomic mass is 10.3. The van der Waals surface area contributed by atoms with E-state index in [0.29, 0.717) is 6.54 Å². The molecule has 16 heavy (non-hydrogen) atoms. The van der Waals surface area contributed by atoms with Crippen LogP contribution in [0.4, 0.5) is 0 Å². The van der Waals surface area contributed by atoms with E-state index < -0.39 is 30.6 Å². The first-order chi connectivity index (χ1) is 7.47. The van der Waals surface area contributed by atoms with Gasteiger partial charge in [0.05, 0.1) is 7.11 Å². The van der Waals surface area contributed by atoms with Gasteiger partial charge in [-0.15, -0.1) is 0 Å². The van der Waals surface area contributed by atoms with Crippen molar-refractivity contribution in [1.82, 2.24) is 10.2 Å². The number of carbonyl (C=O) groups is 3. The monoisotopic (exact) mass is 230 g/mol.